The molecule has 76 valence electrons. The molecule has 0 rings (SSSR count). The molecule has 0 aliphatic carbocycles. The van der Waals surface area contributed by atoms with Crippen LogP contribution in [0.5, 0.6) is 0 Å². The smallest absolute Gasteiger partial charge is 0.408 e. The maximum Gasteiger partial charge on any atom is 0.408 e. The SMILES string of the molecule is C[C@H](NC(=O)OC(C)(C)C)C(=O)Br. The van der Waals surface area contributed by atoms with Gasteiger partial charge in [0.15, 0.2) is 0 Å². The molecule has 0 aliphatic heterocycles. The van der Waals surface area contributed by atoms with Gasteiger partial charge in [-0.3, -0.25) is 4.79 Å². The fraction of sp³-hybridized carbons (Fsp3) is 0.750. The Morgan fingerprint density at radius 2 is 1.85 bits per heavy atom. The van der Waals surface area contributed by atoms with E-state index in [1.54, 1.807) is 27.7 Å². The van der Waals surface area contributed by atoms with Crippen molar-refractivity contribution >= 4 is 26.7 Å². The summed E-state index contributed by atoms with van der Waals surface area (Å²) in [5.74, 6) is 0. The molecule has 0 saturated heterocycles. The van der Waals surface area contributed by atoms with Crippen molar-refractivity contribution in [3.05, 3.63) is 0 Å². The summed E-state index contributed by atoms with van der Waals surface area (Å²) in [7, 11) is 0. The first-order chi connectivity index (χ1) is 5.72. The van der Waals surface area contributed by atoms with Crippen LogP contribution in [-0.4, -0.2) is 22.4 Å². The second-order valence-corrected chi connectivity index (χ2v) is 4.45. The molecule has 0 fully saturated rings. The van der Waals surface area contributed by atoms with Gasteiger partial charge in [-0.05, 0) is 43.6 Å². The number of amides is 1. The van der Waals surface area contributed by atoms with Gasteiger partial charge in [0, 0.05) is 0 Å². The number of carbonyl (C=O) groups is 2. The Kier molecular flexibility index (Phi) is 4.39. The van der Waals surface area contributed by atoms with Crippen LogP contribution in [0.1, 0.15) is 27.7 Å². The molecule has 0 radical (unpaired) electrons. The van der Waals surface area contributed by atoms with Crippen LogP contribution in [0.3, 0.4) is 0 Å². The highest BCUT2D eigenvalue weighted by Crippen LogP contribution is 2.07. The topological polar surface area (TPSA) is 55.4 Å². The second kappa shape index (κ2) is 4.60. The van der Waals surface area contributed by atoms with Crippen LogP contribution >= 0.6 is 15.9 Å². The molecular formula is C8H14BrNO3. The van der Waals surface area contributed by atoms with Gasteiger partial charge >= 0.3 is 6.09 Å². The number of rotatable bonds is 2. The van der Waals surface area contributed by atoms with E-state index in [9.17, 15) is 9.59 Å². The largest absolute Gasteiger partial charge is 0.444 e. The van der Waals surface area contributed by atoms with Gasteiger partial charge < -0.3 is 10.1 Å². The Balaban J connectivity index is 3.96. The van der Waals surface area contributed by atoms with E-state index in [4.69, 9.17) is 4.74 Å². The van der Waals surface area contributed by atoms with E-state index < -0.39 is 17.7 Å². The van der Waals surface area contributed by atoms with Crippen molar-refractivity contribution in [3.63, 3.8) is 0 Å². The Morgan fingerprint density at radius 3 is 2.15 bits per heavy atom. The van der Waals surface area contributed by atoms with Crippen LogP contribution in [0.4, 0.5) is 4.79 Å². The standard InChI is InChI=1S/C8H14BrNO3/c1-5(6(9)11)10-7(12)13-8(2,3)4/h5H,1-4H3,(H,10,12)/t5-/m0/s1. The Hall–Kier alpha value is -0.580. The Morgan fingerprint density at radius 1 is 1.38 bits per heavy atom. The number of nitrogens with one attached hydrogen (secondary N) is 1. The highest BCUT2D eigenvalue weighted by atomic mass is 79.9. The monoisotopic (exact) mass is 251 g/mol. The van der Waals surface area contributed by atoms with E-state index in [0.29, 0.717) is 0 Å². The van der Waals surface area contributed by atoms with Crippen LogP contribution in [0, 0.1) is 0 Å². The molecular weight excluding hydrogens is 238 g/mol. The molecule has 0 bridgehead atoms. The molecule has 0 saturated carbocycles. The highest BCUT2D eigenvalue weighted by Gasteiger charge is 2.19. The lowest BCUT2D eigenvalue weighted by molar-refractivity contribution is -0.111. The first kappa shape index (κ1) is 12.4. The number of alkyl carbamates (subject to hydrolysis) is 1. The van der Waals surface area contributed by atoms with Crippen molar-refractivity contribution in [2.24, 2.45) is 0 Å². The average molecular weight is 252 g/mol. The van der Waals surface area contributed by atoms with E-state index in [-0.39, 0.29) is 4.69 Å². The predicted octanol–water partition coefficient (Wildman–Crippen LogP) is 1.82. The zero-order chi connectivity index (χ0) is 10.6. The fourth-order valence-electron chi connectivity index (χ4n) is 0.541. The van der Waals surface area contributed by atoms with Gasteiger partial charge in [-0.1, -0.05) is 0 Å². The summed E-state index contributed by atoms with van der Waals surface area (Å²) in [4.78, 5) is 21.8. The molecule has 0 unspecified atom stereocenters. The number of carbonyl (C=O) groups excluding carboxylic acids is 2. The van der Waals surface area contributed by atoms with Crippen molar-refractivity contribution < 1.29 is 14.3 Å². The summed E-state index contributed by atoms with van der Waals surface area (Å²) in [6.07, 6.45) is -0.590. The third kappa shape index (κ3) is 6.57. The minimum absolute atomic E-state index is 0.279. The molecule has 5 heteroatoms. The second-order valence-electron chi connectivity index (χ2n) is 3.67. The van der Waals surface area contributed by atoms with Crippen LogP contribution < -0.4 is 5.32 Å². The molecule has 0 aromatic rings. The van der Waals surface area contributed by atoms with Crippen LogP contribution in [0.25, 0.3) is 0 Å². The number of halogens is 1. The molecule has 0 heterocycles. The normalized spacial score (nSPS) is 13.3. The van der Waals surface area contributed by atoms with Gasteiger partial charge in [0.05, 0.1) is 6.04 Å². The molecule has 0 aromatic heterocycles. The molecule has 1 amide bonds. The average Bonchev–Trinajstić information content (AvgIpc) is 1.81. The van der Waals surface area contributed by atoms with E-state index in [1.165, 1.54) is 0 Å². The van der Waals surface area contributed by atoms with Gasteiger partial charge in [0.1, 0.15) is 5.60 Å². The van der Waals surface area contributed by atoms with Crippen molar-refractivity contribution in [3.8, 4) is 0 Å². The van der Waals surface area contributed by atoms with Gasteiger partial charge in [-0.15, -0.1) is 0 Å². The minimum atomic E-state index is -0.590. The summed E-state index contributed by atoms with van der Waals surface area (Å²) < 4.78 is 4.66. The van der Waals surface area contributed by atoms with Gasteiger partial charge in [-0.2, -0.15) is 0 Å². The van der Waals surface area contributed by atoms with Crippen molar-refractivity contribution in [2.45, 2.75) is 39.3 Å². The van der Waals surface area contributed by atoms with E-state index >= 15 is 0 Å². The van der Waals surface area contributed by atoms with E-state index in [2.05, 4.69) is 21.2 Å². The lowest BCUT2D eigenvalue weighted by Gasteiger charge is -2.20. The number of ether oxygens (including phenoxy) is 1. The van der Waals surface area contributed by atoms with Crippen molar-refractivity contribution in [1.29, 1.82) is 0 Å². The molecule has 13 heavy (non-hydrogen) atoms. The maximum absolute atomic E-state index is 11.1. The summed E-state index contributed by atoms with van der Waals surface area (Å²) in [5.41, 5.74) is -0.542. The summed E-state index contributed by atoms with van der Waals surface area (Å²) in [6.45, 7) is 6.84. The maximum atomic E-state index is 11.1. The minimum Gasteiger partial charge on any atom is -0.444 e. The number of hydrogen-bond acceptors (Lipinski definition) is 3. The first-order valence-electron chi connectivity index (χ1n) is 3.91. The van der Waals surface area contributed by atoms with Crippen LogP contribution in [-0.2, 0) is 9.53 Å². The molecule has 4 nitrogen and oxygen atoms in total. The Labute approximate surface area is 86.1 Å². The third-order valence-electron chi connectivity index (χ3n) is 1.07. The molecule has 0 aliphatic rings. The van der Waals surface area contributed by atoms with E-state index in [0.717, 1.165) is 0 Å². The van der Waals surface area contributed by atoms with Crippen LogP contribution in [0.2, 0.25) is 0 Å². The first-order valence-corrected chi connectivity index (χ1v) is 4.70. The van der Waals surface area contributed by atoms with E-state index in [1.807, 2.05) is 0 Å². The molecule has 1 N–H and O–H groups in total. The summed E-state index contributed by atoms with van der Waals surface area (Å²) >= 11 is 2.74. The predicted molar refractivity (Wildman–Crippen MR) is 52.8 cm³/mol. The van der Waals surface area contributed by atoms with Crippen molar-refractivity contribution in [1.82, 2.24) is 5.32 Å². The van der Waals surface area contributed by atoms with Gasteiger partial charge in [-0.25, -0.2) is 4.79 Å². The van der Waals surface area contributed by atoms with Gasteiger partial charge in [0.25, 0.3) is 0 Å². The zero-order valence-corrected chi connectivity index (χ0v) is 9.77. The molecule has 0 spiro atoms. The van der Waals surface area contributed by atoms with Gasteiger partial charge in [0.2, 0.25) is 4.69 Å². The lowest BCUT2D eigenvalue weighted by atomic mass is 10.2. The lowest BCUT2D eigenvalue weighted by Crippen LogP contribution is -2.40. The summed E-state index contributed by atoms with van der Waals surface area (Å²) in [5, 5.41) is 2.38. The summed E-state index contributed by atoms with van der Waals surface area (Å²) in [6, 6.07) is -0.574. The zero-order valence-electron chi connectivity index (χ0n) is 8.18. The Bertz CT molecular complexity index is 210. The molecule has 0 aromatic carbocycles. The number of hydrogen-bond donors (Lipinski definition) is 1. The fourth-order valence-corrected chi connectivity index (χ4v) is 0.656. The van der Waals surface area contributed by atoms with Crippen molar-refractivity contribution in [2.75, 3.05) is 0 Å². The highest BCUT2D eigenvalue weighted by molar-refractivity contribution is 9.18. The van der Waals surface area contributed by atoms with Crippen LogP contribution in [0.15, 0.2) is 0 Å². The molecule has 1 atom stereocenters. The quantitative estimate of drug-likeness (QED) is 0.762. The third-order valence-corrected chi connectivity index (χ3v) is 1.76.